The van der Waals surface area contributed by atoms with Crippen molar-refractivity contribution in [3.8, 4) is 0 Å². The Morgan fingerprint density at radius 1 is 1.02 bits per heavy atom. The Balaban J connectivity index is 1.59. The molecule has 4 aliphatic rings. The Bertz CT molecular complexity index is 1200. The highest BCUT2D eigenvalue weighted by molar-refractivity contribution is 6.34. The van der Waals surface area contributed by atoms with Crippen LogP contribution >= 0.6 is 11.6 Å². The number of amides is 2. The Kier molecular flexibility index (Phi) is 8.41. The van der Waals surface area contributed by atoms with Crippen LogP contribution in [0.1, 0.15) is 57.4 Å². The number of aliphatic hydroxyl groups is 1. The highest BCUT2D eigenvalue weighted by atomic mass is 35.5. The number of anilines is 1. The molecule has 1 N–H and O–H groups in total. The quantitative estimate of drug-likeness (QED) is 0.297. The number of rotatable bonds is 7. The molecule has 216 valence electrons. The molecule has 2 saturated heterocycles. The summed E-state index contributed by atoms with van der Waals surface area (Å²) >= 11 is 6.62. The second-order valence-electron chi connectivity index (χ2n) is 11.5. The smallest absolute Gasteiger partial charge is 0.313 e. The van der Waals surface area contributed by atoms with Gasteiger partial charge in [-0.15, -0.1) is 0 Å². The summed E-state index contributed by atoms with van der Waals surface area (Å²) in [6.07, 6.45) is 13.0. The van der Waals surface area contributed by atoms with Crippen molar-refractivity contribution in [2.75, 3.05) is 31.2 Å². The SMILES string of the molecule is Cc1cccc(Cl)c1N1CC=C[C@]23O[C@@]4(C)/C=C\CCCCOC(=O)[C@H]4[C@H]2C(=O)N(CCCCCCO)C3C1=O. The molecular weight excluding hydrogens is 532 g/mol. The fourth-order valence-electron chi connectivity index (χ4n) is 6.95. The molecule has 0 radical (unpaired) electrons. The number of esters is 1. The number of carbonyl (C=O) groups excluding carboxylic acids is 3. The lowest BCUT2D eigenvalue weighted by atomic mass is 9.74. The molecule has 0 aromatic heterocycles. The zero-order chi connectivity index (χ0) is 28.5. The second-order valence-corrected chi connectivity index (χ2v) is 11.9. The lowest BCUT2D eigenvalue weighted by molar-refractivity contribution is -0.158. The summed E-state index contributed by atoms with van der Waals surface area (Å²) in [5.41, 5.74) is -0.987. The molecule has 1 aromatic carbocycles. The Labute approximate surface area is 240 Å². The van der Waals surface area contributed by atoms with Gasteiger partial charge < -0.3 is 24.4 Å². The Hall–Kier alpha value is -2.68. The number of aryl methyl sites for hydroxylation is 1. The maximum absolute atomic E-state index is 14.6. The van der Waals surface area contributed by atoms with Crippen LogP contribution in [0.25, 0.3) is 0 Å². The van der Waals surface area contributed by atoms with Gasteiger partial charge in [-0.1, -0.05) is 60.9 Å². The number of unbranched alkanes of at least 4 members (excludes halogenated alkanes) is 3. The highest BCUT2D eigenvalue weighted by Crippen LogP contribution is 2.57. The zero-order valence-corrected chi connectivity index (χ0v) is 24.1. The fraction of sp³-hybridized carbons (Fsp3) is 0.581. The molecule has 2 fully saturated rings. The Morgan fingerprint density at radius 2 is 1.82 bits per heavy atom. The number of hydrogen-bond donors (Lipinski definition) is 1. The molecule has 8 nitrogen and oxygen atoms in total. The normalized spacial score (nSPS) is 32.8. The molecule has 0 aliphatic carbocycles. The summed E-state index contributed by atoms with van der Waals surface area (Å²) in [6, 6.07) is 4.54. The van der Waals surface area contributed by atoms with Gasteiger partial charge in [-0.2, -0.15) is 0 Å². The first-order chi connectivity index (χ1) is 19.2. The number of carbonyl (C=O) groups is 3. The van der Waals surface area contributed by atoms with Crippen molar-refractivity contribution < 1.29 is 29.0 Å². The standard InChI is InChI=1S/C31H39ClN2O6/c1-21-13-11-14-22(32)25(21)33-18-12-16-31-23(24-29(38)39-20-10-6-3-7-15-30(24,2)40-31)27(36)34(26(31)28(33)37)17-8-4-5-9-19-35/h7,11-16,23-24,26,35H,3-6,8-10,17-20H2,1-2H3/b15-7-/t23-,24+,26?,30-,31-/m0/s1. The Morgan fingerprint density at radius 3 is 2.60 bits per heavy atom. The minimum Gasteiger partial charge on any atom is -0.465 e. The van der Waals surface area contributed by atoms with Crippen molar-refractivity contribution in [3.05, 3.63) is 53.1 Å². The third kappa shape index (κ3) is 4.88. The zero-order valence-electron chi connectivity index (χ0n) is 23.3. The summed E-state index contributed by atoms with van der Waals surface area (Å²) in [5.74, 6) is -2.79. The number of para-hydroxylation sites is 1. The summed E-state index contributed by atoms with van der Waals surface area (Å²) < 4.78 is 12.5. The van der Waals surface area contributed by atoms with Gasteiger partial charge in [-0.05, 0) is 57.6 Å². The van der Waals surface area contributed by atoms with Crippen molar-refractivity contribution in [2.24, 2.45) is 11.8 Å². The predicted molar refractivity (Wildman–Crippen MR) is 152 cm³/mol. The molecule has 4 aliphatic heterocycles. The van der Waals surface area contributed by atoms with E-state index in [1.54, 1.807) is 15.9 Å². The monoisotopic (exact) mass is 570 g/mol. The van der Waals surface area contributed by atoms with E-state index < -0.39 is 35.0 Å². The molecule has 1 spiro atoms. The van der Waals surface area contributed by atoms with E-state index in [1.165, 1.54) is 0 Å². The lowest BCUT2D eigenvalue weighted by Crippen LogP contribution is -2.56. The van der Waals surface area contributed by atoms with Crippen molar-refractivity contribution in [2.45, 2.75) is 76.0 Å². The first-order valence-electron chi connectivity index (χ1n) is 14.5. The molecule has 2 amide bonds. The van der Waals surface area contributed by atoms with E-state index in [9.17, 15) is 19.5 Å². The van der Waals surface area contributed by atoms with Gasteiger partial charge in [-0.3, -0.25) is 14.4 Å². The van der Waals surface area contributed by atoms with E-state index in [0.29, 0.717) is 36.7 Å². The van der Waals surface area contributed by atoms with Gasteiger partial charge in [0.1, 0.15) is 17.6 Å². The molecule has 4 heterocycles. The average molecular weight is 571 g/mol. The molecule has 5 atom stereocenters. The molecule has 1 unspecified atom stereocenters. The van der Waals surface area contributed by atoms with Crippen LogP contribution in [0, 0.1) is 18.8 Å². The van der Waals surface area contributed by atoms with Crippen molar-refractivity contribution in [1.29, 1.82) is 0 Å². The number of fused-ring (bicyclic) bond motifs is 2. The highest BCUT2D eigenvalue weighted by Gasteiger charge is 2.74. The summed E-state index contributed by atoms with van der Waals surface area (Å²) in [6.45, 7) is 4.75. The number of allylic oxidation sites excluding steroid dienone is 1. The van der Waals surface area contributed by atoms with Gasteiger partial charge in [0.05, 0.1) is 28.8 Å². The molecule has 5 rings (SSSR count). The van der Waals surface area contributed by atoms with Crippen molar-refractivity contribution in [1.82, 2.24) is 4.90 Å². The topological polar surface area (TPSA) is 96.4 Å². The van der Waals surface area contributed by atoms with Gasteiger partial charge >= 0.3 is 5.97 Å². The first-order valence-corrected chi connectivity index (χ1v) is 14.8. The lowest BCUT2D eigenvalue weighted by Gasteiger charge is -2.38. The van der Waals surface area contributed by atoms with Crippen LogP contribution < -0.4 is 4.90 Å². The predicted octanol–water partition coefficient (Wildman–Crippen LogP) is 4.36. The molecule has 0 saturated carbocycles. The minimum absolute atomic E-state index is 0.121. The van der Waals surface area contributed by atoms with E-state index in [0.717, 1.165) is 37.7 Å². The number of aliphatic hydroxyl groups excluding tert-OH is 1. The molecule has 9 heteroatoms. The first kappa shape index (κ1) is 28.8. The van der Waals surface area contributed by atoms with Gasteiger partial charge in [0.2, 0.25) is 5.91 Å². The molecule has 40 heavy (non-hydrogen) atoms. The largest absolute Gasteiger partial charge is 0.465 e. The van der Waals surface area contributed by atoms with Gasteiger partial charge in [0, 0.05) is 19.7 Å². The third-order valence-corrected chi connectivity index (χ3v) is 9.07. The van der Waals surface area contributed by atoms with Crippen LogP contribution in [0.3, 0.4) is 0 Å². The summed E-state index contributed by atoms with van der Waals surface area (Å²) in [5, 5.41) is 9.62. The van der Waals surface area contributed by atoms with Crippen LogP contribution in [0.4, 0.5) is 5.69 Å². The van der Waals surface area contributed by atoms with E-state index in [-0.39, 0.29) is 25.0 Å². The number of cyclic esters (lactones) is 1. The van der Waals surface area contributed by atoms with Gasteiger partial charge in [0.15, 0.2) is 0 Å². The molecule has 1 aromatic rings. The number of likely N-dealkylation sites (tertiary alicyclic amines) is 1. The van der Waals surface area contributed by atoms with Crippen LogP contribution in [0.5, 0.6) is 0 Å². The van der Waals surface area contributed by atoms with Crippen LogP contribution in [-0.4, -0.2) is 71.3 Å². The third-order valence-electron chi connectivity index (χ3n) is 8.77. The van der Waals surface area contributed by atoms with Crippen molar-refractivity contribution >= 4 is 35.1 Å². The van der Waals surface area contributed by atoms with Crippen LogP contribution in [0.2, 0.25) is 5.02 Å². The van der Waals surface area contributed by atoms with Gasteiger partial charge in [-0.25, -0.2) is 0 Å². The number of nitrogens with zero attached hydrogens (tertiary/aromatic N) is 2. The number of hydrogen-bond acceptors (Lipinski definition) is 6. The number of halogens is 1. The maximum atomic E-state index is 14.6. The number of benzene rings is 1. The van der Waals surface area contributed by atoms with E-state index in [2.05, 4.69) is 0 Å². The number of ether oxygens (including phenoxy) is 2. The minimum atomic E-state index is -1.33. The summed E-state index contributed by atoms with van der Waals surface area (Å²) in [7, 11) is 0. The van der Waals surface area contributed by atoms with E-state index >= 15 is 0 Å². The summed E-state index contributed by atoms with van der Waals surface area (Å²) in [4.78, 5) is 45.8. The fourth-order valence-corrected chi connectivity index (χ4v) is 7.27. The molecular formula is C31H39ClN2O6. The van der Waals surface area contributed by atoms with Crippen molar-refractivity contribution in [3.63, 3.8) is 0 Å². The average Bonchev–Trinajstić information content (AvgIpc) is 3.24. The molecule has 0 bridgehead atoms. The van der Waals surface area contributed by atoms with E-state index in [4.69, 9.17) is 21.1 Å². The van der Waals surface area contributed by atoms with E-state index in [1.807, 2.05) is 50.3 Å². The maximum Gasteiger partial charge on any atom is 0.313 e. The van der Waals surface area contributed by atoms with Crippen LogP contribution in [0.15, 0.2) is 42.5 Å². The second kappa shape index (κ2) is 11.7. The van der Waals surface area contributed by atoms with Gasteiger partial charge in [0.25, 0.3) is 5.91 Å². The van der Waals surface area contributed by atoms with Crippen LogP contribution in [-0.2, 0) is 23.9 Å².